The molecule has 5 nitrogen and oxygen atoms in total. The molecule has 17 heavy (non-hydrogen) atoms. The summed E-state index contributed by atoms with van der Waals surface area (Å²) in [6.45, 7) is 1.02. The summed E-state index contributed by atoms with van der Waals surface area (Å²) in [5.41, 5.74) is 5.82. The molecule has 0 aromatic heterocycles. The first-order chi connectivity index (χ1) is 8.33. The molecule has 2 N–H and O–H groups in total. The van der Waals surface area contributed by atoms with Gasteiger partial charge in [0.2, 0.25) is 0 Å². The van der Waals surface area contributed by atoms with Gasteiger partial charge in [-0.1, -0.05) is 6.07 Å². The highest BCUT2D eigenvalue weighted by Crippen LogP contribution is 2.29. The van der Waals surface area contributed by atoms with E-state index >= 15 is 0 Å². The summed E-state index contributed by atoms with van der Waals surface area (Å²) in [4.78, 5) is 11.1. The Balaban J connectivity index is 1.93. The first-order valence-corrected chi connectivity index (χ1v) is 5.69. The predicted octanol–water partition coefficient (Wildman–Crippen LogP) is 1.10. The number of hydrogen-bond donors (Lipinski definition) is 2. The molecule has 0 spiro atoms. The molecule has 1 aromatic rings. The van der Waals surface area contributed by atoms with Crippen LogP contribution in [-0.2, 0) is 4.79 Å². The number of nitrogens with zero attached hydrogens (tertiary/aromatic N) is 1. The smallest absolute Gasteiger partial charge is 0.262 e. The zero-order chi connectivity index (χ0) is 11.7. The third-order valence-electron chi connectivity index (χ3n) is 2.86. The number of hydrazone groups is 1. The second-order valence-corrected chi connectivity index (χ2v) is 4.12. The molecule has 0 fully saturated rings. The molecule has 0 atom stereocenters. The van der Waals surface area contributed by atoms with Gasteiger partial charge in [0, 0.05) is 12.1 Å². The lowest BCUT2D eigenvalue weighted by Gasteiger charge is -2.19. The molecule has 2 aliphatic rings. The molecule has 0 aliphatic carbocycles. The largest absolute Gasteiger partial charge is 0.482 e. The van der Waals surface area contributed by atoms with Crippen molar-refractivity contribution >= 4 is 17.3 Å². The quantitative estimate of drug-likeness (QED) is 0.761. The van der Waals surface area contributed by atoms with Gasteiger partial charge in [-0.15, -0.1) is 0 Å². The average Bonchev–Trinajstić information content (AvgIpc) is 2.39. The van der Waals surface area contributed by atoms with Gasteiger partial charge in [0.15, 0.2) is 6.61 Å². The van der Waals surface area contributed by atoms with Gasteiger partial charge in [-0.3, -0.25) is 4.79 Å². The molecule has 88 valence electrons. The molecule has 1 amide bonds. The molecule has 1 aromatic carbocycles. The van der Waals surface area contributed by atoms with Crippen molar-refractivity contribution in [3.8, 4) is 5.75 Å². The van der Waals surface area contributed by atoms with Crippen LogP contribution in [0.3, 0.4) is 0 Å². The van der Waals surface area contributed by atoms with Gasteiger partial charge in [0.1, 0.15) is 5.75 Å². The minimum atomic E-state index is -0.109. The van der Waals surface area contributed by atoms with E-state index in [0.717, 1.165) is 42.1 Å². The van der Waals surface area contributed by atoms with Gasteiger partial charge in [-0.05, 0) is 25.0 Å². The number of carbonyl (C=O) groups is 1. The van der Waals surface area contributed by atoms with Gasteiger partial charge < -0.3 is 15.5 Å². The highest BCUT2D eigenvalue weighted by atomic mass is 16.5. The Labute approximate surface area is 98.8 Å². The highest BCUT2D eigenvalue weighted by molar-refractivity contribution is 6.02. The van der Waals surface area contributed by atoms with E-state index in [1.54, 1.807) is 0 Å². The normalized spacial score (nSPS) is 18.4. The maximum Gasteiger partial charge on any atom is 0.262 e. The molecule has 2 heterocycles. The van der Waals surface area contributed by atoms with Crippen LogP contribution in [0.25, 0.3) is 0 Å². The van der Waals surface area contributed by atoms with Crippen molar-refractivity contribution in [3.63, 3.8) is 0 Å². The Morgan fingerprint density at radius 1 is 1.35 bits per heavy atom. The molecule has 0 saturated heterocycles. The summed E-state index contributed by atoms with van der Waals surface area (Å²) in [6.07, 6.45) is 2.06. The van der Waals surface area contributed by atoms with Crippen LogP contribution in [0.15, 0.2) is 23.3 Å². The van der Waals surface area contributed by atoms with Crippen LogP contribution in [0.2, 0.25) is 0 Å². The van der Waals surface area contributed by atoms with Crippen LogP contribution in [0.4, 0.5) is 5.69 Å². The van der Waals surface area contributed by atoms with Crippen molar-refractivity contribution in [1.82, 2.24) is 5.43 Å². The van der Waals surface area contributed by atoms with Crippen molar-refractivity contribution in [2.24, 2.45) is 5.10 Å². The fraction of sp³-hybridized carbons (Fsp3) is 0.333. The molecular weight excluding hydrogens is 218 g/mol. The maximum absolute atomic E-state index is 11.1. The summed E-state index contributed by atoms with van der Waals surface area (Å²) in [6, 6.07) is 5.75. The van der Waals surface area contributed by atoms with Crippen molar-refractivity contribution < 1.29 is 9.53 Å². The first kappa shape index (κ1) is 10.1. The fourth-order valence-corrected chi connectivity index (χ4v) is 2.01. The third kappa shape index (κ3) is 1.95. The molecule has 0 radical (unpaired) electrons. The first-order valence-electron chi connectivity index (χ1n) is 5.69. The molecule has 2 aliphatic heterocycles. The Morgan fingerprint density at radius 3 is 3.12 bits per heavy atom. The molecule has 0 saturated carbocycles. The Kier molecular flexibility index (Phi) is 2.44. The predicted molar refractivity (Wildman–Crippen MR) is 64.3 cm³/mol. The minimum absolute atomic E-state index is 0.0845. The van der Waals surface area contributed by atoms with Crippen molar-refractivity contribution in [2.75, 3.05) is 18.5 Å². The number of nitrogens with one attached hydrogen (secondary N) is 2. The van der Waals surface area contributed by atoms with E-state index in [0.29, 0.717) is 0 Å². The fourth-order valence-electron chi connectivity index (χ4n) is 2.01. The van der Waals surface area contributed by atoms with E-state index in [-0.39, 0.29) is 12.5 Å². The molecule has 0 unspecified atom stereocenters. The molecular formula is C12H13N3O2. The number of fused-ring (bicyclic) bond motifs is 1. The lowest BCUT2D eigenvalue weighted by Crippen LogP contribution is -2.26. The van der Waals surface area contributed by atoms with E-state index < -0.39 is 0 Å². The molecule has 5 heteroatoms. The van der Waals surface area contributed by atoms with Gasteiger partial charge in [0.25, 0.3) is 5.91 Å². The number of hydrogen-bond acceptors (Lipinski definition) is 4. The second-order valence-electron chi connectivity index (χ2n) is 4.12. The Hall–Kier alpha value is -2.04. The summed E-state index contributed by atoms with van der Waals surface area (Å²) in [7, 11) is 0. The highest BCUT2D eigenvalue weighted by Gasteiger charge is 2.17. The average molecular weight is 231 g/mol. The van der Waals surface area contributed by atoms with Crippen LogP contribution in [0.1, 0.15) is 18.4 Å². The number of benzene rings is 1. The SMILES string of the molecule is O=C1COc2cc(C3=NNCCC3)ccc2N1. The monoisotopic (exact) mass is 231 g/mol. The van der Waals surface area contributed by atoms with E-state index in [4.69, 9.17) is 4.74 Å². The summed E-state index contributed by atoms with van der Waals surface area (Å²) in [5.74, 6) is 0.609. The van der Waals surface area contributed by atoms with Crippen molar-refractivity contribution in [2.45, 2.75) is 12.8 Å². The van der Waals surface area contributed by atoms with Crippen LogP contribution in [0, 0.1) is 0 Å². The summed E-state index contributed by atoms with van der Waals surface area (Å²) >= 11 is 0. The Bertz CT molecular complexity index is 497. The molecule has 0 bridgehead atoms. The minimum Gasteiger partial charge on any atom is -0.482 e. The standard InChI is InChI=1S/C12H13N3O2/c16-12-7-17-11-6-8(3-4-10(11)14-12)9-2-1-5-13-15-9/h3-4,6,13H,1-2,5,7H2,(H,14,16). The van der Waals surface area contributed by atoms with Gasteiger partial charge in [0.05, 0.1) is 11.4 Å². The zero-order valence-corrected chi connectivity index (χ0v) is 9.32. The lowest BCUT2D eigenvalue weighted by atomic mass is 10.0. The number of anilines is 1. The number of amides is 1. The van der Waals surface area contributed by atoms with Crippen LogP contribution < -0.4 is 15.5 Å². The van der Waals surface area contributed by atoms with E-state index in [1.165, 1.54) is 0 Å². The van der Waals surface area contributed by atoms with Gasteiger partial charge >= 0.3 is 0 Å². The van der Waals surface area contributed by atoms with Crippen LogP contribution in [-0.4, -0.2) is 24.8 Å². The van der Waals surface area contributed by atoms with E-state index in [1.807, 2.05) is 18.2 Å². The third-order valence-corrected chi connectivity index (χ3v) is 2.86. The zero-order valence-electron chi connectivity index (χ0n) is 9.32. The lowest BCUT2D eigenvalue weighted by molar-refractivity contribution is -0.118. The summed E-state index contributed by atoms with van der Waals surface area (Å²) < 4.78 is 5.38. The number of rotatable bonds is 1. The van der Waals surface area contributed by atoms with E-state index in [9.17, 15) is 4.79 Å². The number of ether oxygens (including phenoxy) is 1. The van der Waals surface area contributed by atoms with Crippen molar-refractivity contribution in [1.29, 1.82) is 0 Å². The van der Waals surface area contributed by atoms with Crippen LogP contribution in [0.5, 0.6) is 5.75 Å². The van der Waals surface area contributed by atoms with Crippen molar-refractivity contribution in [3.05, 3.63) is 23.8 Å². The second kappa shape index (κ2) is 4.08. The Morgan fingerprint density at radius 2 is 2.29 bits per heavy atom. The van der Waals surface area contributed by atoms with E-state index in [2.05, 4.69) is 15.8 Å². The van der Waals surface area contributed by atoms with Crippen LogP contribution >= 0.6 is 0 Å². The molecule has 3 rings (SSSR count). The number of carbonyl (C=O) groups excluding carboxylic acids is 1. The maximum atomic E-state index is 11.1. The summed E-state index contributed by atoms with van der Waals surface area (Å²) in [5, 5.41) is 7.06. The van der Waals surface area contributed by atoms with Gasteiger partial charge in [-0.2, -0.15) is 5.10 Å². The topological polar surface area (TPSA) is 62.7 Å². The van der Waals surface area contributed by atoms with Gasteiger partial charge in [-0.25, -0.2) is 0 Å².